The van der Waals surface area contributed by atoms with Gasteiger partial charge in [-0.05, 0) is 51.5 Å². The van der Waals surface area contributed by atoms with Gasteiger partial charge in [-0.15, -0.1) is 12.4 Å². The second kappa shape index (κ2) is 8.15. The van der Waals surface area contributed by atoms with Crippen molar-refractivity contribution in [1.82, 2.24) is 9.97 Å². The van der Waals surface area contributed by atoms with Crippen LogP contribution in [0.3, 0.4) is 0 Å². The Labute approximate surface area is 159 Å². The molecule has 26 heavy (non-hydrogen) atoms. The molecule has 0 fully saturated rings. The summed E-state index contributed by atoms with van der Waals surface area (Å²) in [5.41, 5.74) is 4.54. The molecule has 0 radical (unpaired) electrons. The Kier molecular flexibility index (Phi) is 6.16. The number of esters is 1. The zero-order valence-corrected chi connectivity index (χ0v) is 16.1. The van der Waals surface area contributed by atoms with Crippen molar-refractivity contribution in [2.75, 3.05) is 5.32 Å². The van der Waals surface area contributed by atoms with Crippen LogP contribution in [0.15, 0.2) is 42.6 Å². The molecule has 3 aromatic rings. The third kappa shape index (κ3) is 4.11. The van der Waals surface area contributed by atoms with Crippen LogP contribution in [0, 0.1) is 13.8 Å². The fourth-order valence-corrected chi connectivity index (χ4v) is 2.59. The summed E-state index contributed by atoms with van der Waals surface area (Å²) in [6, 6.07) is 11.8. The van der Waals surface area contributed by atoms with Crippen molar-refractivity contribution < 1.29 is 9.53 Å². The predicted octanol–water partition coefficient (Wildman–Crippen LogP) is 4.98. The molecule has 0 aliphatic rings. The van der Waals surface area contributed by atoms with Gasteiger partial charge in [-0.2, -0.15) is 0 Å². The number of carbonyl (C=O) groups is 1. The predicted molar refractivity (Wildman–Crippen MR) is 107 cm³/mol. The smallest absolute Gasteiger partial charge is 0.342 e. The number of nitrogens with one attached hydrogen (secondary N) is 1. The number of nitrogens with zero attached hydrogens (tertiary/aromatic N) is 2. The number of carbonyl (C=O) groups excluding carboxylic acids is 1. The molecule has 0 aliphatic carbocycles. The molecule has 0 aliphatic heterocycles. The molecule has 3 rings (SSSR count). The highest BCUT2D eigenvalue weighted by Crippen LogP contribution is 2.30. The SMILES string of the molecule is Cc1ccc2c(Nc3ccccc3C)c(C(=O)OC(C)C)cnc2n1.Cl. The van der Waals surface area contributed by atoms with E-state index < -0.39 is 5.97 Å². The van der Waals surface area contributed by atoms with Gasteiger partial charge < -0.3 is 10.1 Å². The molecule has 2 heterocycles. The molecular formula is C20H22ClN3O2. The average molecular weight is 372 g/mol. The molecule has 0 bridgehead atoms. The number of aryl methyl sites for hydroxylation is 2. The van der Waals surface area contributed by atoms with Crippen LogP contribution in [0.4, 0.5) is 11.4 Å². The van der Waals surface area contributed by atoms with Gasteiger partial charge in [0.2, 0.25) is 0 Å². The van der Waals surface area contributed by atoms with Crippen LogP contribution in [0.1, 0.15) is 35.5 Å². The maximum atomic E-state index is 12.5. The number of halogens is 1. The first-order valence-corrected chi connectivity index (χ1v) is 8.25. The Balaban J connectivity index is 0.00000243. The fourth-order valence-electron chi connectivity index (χ4n) is 2.59. The summed E-state index contributed by atoms with van der Waals surface area (Å²) in [5, 5.41) is 4.16. The van der Waals surface area contributed by atoms with Crippen molar-refractivity contribution in [3.8, 4) is 0 Å². The van der Waals surface area contributed by atoms with Crippen molar-refractivity contribution in [2.24, 2.45) is 0 Å². The minimum Gasteiger partial charge on any atom is -0.459 e. The van der Waals surface area contributed by atoms with E-state index in [9.17, 15) is 4.79 Å². The van der Waals surface area contributed by atoms with E-state index in [0.717, 1.165) is 22.3 Å². The van der Waals surface area contributed by atoms with Gasteiger partial charge in [-0.3, -0.25) is 0 Å². The molecule has 0 amide bonds. The zero-order valence-electron chi connectivity index (χ0n) is 15.2. The lowest BCUT2D eigenvalue weighted by atomic mass is 10.1. The van der Waals surface area contributed by atoms with E-state index >= 15 is 0 Å². The minimum absolute atomic E-state index is 0. The first kappa shape index (κ1) is 19.7. The number of para-hydroxylation sites is 1. The van der Waals surface area contributed by atoms with Crippen molar-refractivity contribution in [3.63, 3.8) is 0 Å². The topological polar surface area (TPSA) is 64.1 Å². The van der Waals surface area contributed by atoms with Crippen molar-refractivity contribution in [3.05, 3.63) is 59.4 Å². The minimum atomic E-state index is -0.402. The Morgan fingerprint density at radius 1 is 1.12 bits per heavy atom. The number of ether oxygens (including phenoxy) is 1. The molecule has 0 unspecified atom stereocenters. The second-order valence-corrected chi connectivity index (χ2v) is 6.26. The zero-order chi connectivity index (χ0) is 18.0. The highest BCUT2D eigenvalue weighted by molar-refractivity contribution is 6.05. The molecule has 0 spiro atoms. The summed E-state index contributed by atoms with van der Waals surface area (Å²) < 4.78 is 5.38. The maximum Gasteiger partial charge on any atom is 0.342 e. The number of hydrogen-bond donors (Lipinski definition) is 1. The quantitative estimate of drug-likeness (QED) is 0.655. The van der Waals surface area contributed by atoms with Crippen LogP contribution in [0.5, 0.6) is 0 Å². The molecule has 136 valence electrons. The molecule has 0 saturated carbocycles. The number of rotatable bonds is 4. The molecule has 0 saturated heterocycles. The number of fused-ring (bicyclic) bond motifs is 1. The molecule has 6 heteroatoms. The lowest BCUT2D eigenvalue weighted by molar-refractivity contribution is 0.0379. The van der Waals surface area contributed by atoms with Crippen LogP contribution >= 0.6 is 12.4 Å². The summed E-state index contributed by atoms with van der Waals surface area (Å²) in [7, 11) is 0. The number of anilines is 2. The number of hydrogen-bond acceptors (Lipinski definition) is 5. The lowest BCUT2D eigenvalue weighted by Gasteiger charge is -2.16. The standard InChI is InChI=1S/C20H21N3O2.ClH/c1-12(2)25-20(24)16-11-21-19-15(10-9-14(4)22-19)18(16)23-17-8-6-5-7-13(17)3;/h5-12H,1-4H3,(H,21,22,23);1H. The maximum absolute atomic E-state index is 12.5. The van der Waals surface area contributed by atoms with E-state index in [4.69, 9.17) is 4.74 Å². The fraction of sp³-hybridized carbons (Fsp3) is 0.250. The molecule has 0 atom stereocenters. The van der Waals surface area contributed by atoms with Gasteiger partial charge in [-0.25, -0.2) is 14.8 Å². The van der Waals surface area contributed by atoms with Crippen molar-refractivity contribution in [2.45, 2.75) is 33.8 Å². The largest absolute Gasteiger partial charge is 0.459 e. The monoisotopic (exact) mass is 371 g/mol. The van der Waals surface area contributed by atoms with Gasteiger partial charge in [0.05, 0.1) is 11.8 Å². The normalized spacial score (nSPS) is 10.5. The first-order valence-electron chi connectivity index (χ1n) is 8.25. The van der Waals surface area contributed by atoms with Crippen LogP contribution in [0.25, 0.3) is 11.0 Å². The van der Waals surface area contributed by atoms with Crippen LogP contribution in [-0.2, 0) is 4.74 Å². The highest BCUT2D eigenvalue weighted by Gasteiger charge is 2.19. The summed E-state index contributed by atoms with van der Waals surface area (Å²) in [4.78, 5) is 21.3. The summed E-state index contributed by atoms with van der Waals surface area (Å²) in [6.07, 6.45) is 1.32. The van der Waals surface area contributed by atoms with Crippen molar-refractivity contribution in [1.29, 1.82) is 0 Å². The van der Waals surface area contributed by atoms with Crippen LogP contribution in [-0.4, -0.2) is 22.0 Å². The van der Waals surface area contributed by atoms with E-state index in [2.05, 4.69) is 15.3 Å². The lowest BCUT2D eigenvalue weighted by Crippen LogP contribution is -2.14. The van der Waals surface area contributed by atoms with Gasteiger partial charge in [0, 0.05) is 23.0 Å². The van der Waals surface area contributed by atoms with Gasteiger partial charge in [0.25, 0.3) is 0 Å². The van der Waals surface area contributed by atoms with E-state index in [-0.39, 0.29) is 18.5 Å². The van der Waals surface area contributed by atoms with Gasteiger partial charge in [0.1, 0.15) is 5.56 Å². The van der Waals surface area contributed by atoms with E-state index in [0.29, 0.717) is 16.9 Å². The van der Waals surface area contributed by atoms with Gasteiger partial charge in [0.15, 0.2) is 5.65 Å². The first-order chi connectivity index (χ1) is 12.0. The van der Waals surface area contributed by atoms with Gasteiger partial charge >= 0.3 is 5.97 Å². The summed E-state index contributed by atoms with van der Waals surface area (Å²) in [6.45, 7) is 7.58. The molecule has 1 N–H and O–H groups in total. The van der Waals surface area contributed by atoms with Crippen LogP contribution in [0.2, 0.25) is 0 Å². The summed E-state index contributed by atoms with van der Waals surface area (Å²) in [5.74, 6) is -0.402. The van der Waals surface area contributed by atoms with E-state index in [1.165, 1.54) is 6.20 Å². The third-order valence-corrected chi connectivity index (χ3v) is 3.84. The molecular weight excluding hydrogens is 350 g/mol. The number of aromatic nitrogens is 2. The number of pyridine rings is 2. The van der Waals surface area contributed by atoms with E-state index in [1.807, 2.05) is 64.1 Å². The van der Waals surface area contributed by atoms with Gasteiger partial charge in [-0.1, -0.05) is 18.2 Å². The molecule has 1 aromatic carbocycles. The molecule has 5 nitrogen and oxygen atoms in total. The number of benzene rings is 1. The van der Waals surface area contributed by atoms with Crippen LogP contribution < -0.4 is 5.32 Å². The highest BCUT2D eigenvalue weighted by atomic mass is 35.5. The Bertz CT molecular complexity index is 941. The average Bonchev–Trinajstić information content (AvgIpc) is 2.56. The Hall–Kier alpha value is -2.66. The summed E-state index contributed by atoms with van der Waals surface area (Å²) >= 11 is 0. The second-order valence-electron chi connectivity index (χ2n) is 6.26. The van der Waals surface area contributed by atoms with Crippen molar-refractivity contribution >= 4 is 40.8 Å². The Morgan fingerprint density at radius 3 is 2.54 bits per heavy atom. The Morgan fingerprint density at radius 2 is 1.85 bits per heavy atom. The molecule has 2 aromatic heterocycles. The third-order valence-electron chi connectivity index (χ3n) is 3.84. The van der Waals surface area contributed by atoms with E-state index in [1.54, 1.807) is 0 Å².